The van der Waals surface area contributed by atoms with E-state index in [9.17, 15) is 0 Å². The summed E-state index contributed by atoms with van der Waals surface area (Å²) in [5.41, 5.74) is 1.23. The van der Waals surface area contributed by atoms with Gasteiger partial charge < -0.3 is 19.5 Å². The first kappa shape index (κ1) is 18.0. The van der Waals surface area contributed by atoms with Crippen molar-refractivity contribution in [1.29, 1.82) is 0 Å². The second-order valence-electron chi connectivity index (χ2n) is 4.89. The second kappa shape index (κ2) is 10.6. The van der Waals surface area contributed by atoms with Crippen molar-refractivity contribution in [3.8, 4) is 5.75 Å². The summed E-state index contributed by atoms with van der Waals surface area (Å²) in [7, 11) is 0. The van der Waals surface area contributed by atoms with Gasteiger partial charge in [0, 0.05) is 25.8 Å². The monoisotopic (exact) mass is 295 g/mol. The molecule has 0 spiro atoms. The molecule has 0 bridgehead atoms. The van der Waals surface area contributed by atoms with Crippen LogP contribution in [0.15, 0.2) is 24.3 Å². The first-order valence-corrected chi connectivity index (χ1v) is 7.90. The molecule has 0 fully saturated rings. The van der Waals surface area contributed by atoms with Crippen molar-refractivity contribution >= 4 is 0 Å². The highest BCUT2D eigenvalue weighted by Gasteiger charge is 2.11. The van der Waals surface area contributed by atoms with E-state index < -0.39 is 0 Å². The van der Waals surface area contributed by atoms with Crippen LogP contribution in [0, 0.1) is 0 Å². The molecule has 1 aromatic rings. The van der Waals surface area contributed by atoms with Gasteiger partial charge in [0.15, 0.2) is 6.29 Å². The third-order valence-corrected chi connectivity index (χ3v) is 3.15. The summed E-state index contributed by atoms with van der Waals surface area (Å²) in [6.07, 6.45) is 0.838. The standard InChI is InChI=1S/C17H29NO3/c1-5-12-21-16-10-8-15(9-11-16)14(4)18-13-17(19-6-2)20-7-3/h8-11,14,17-18H,5-7,12-13H2,1-4H3. The predicted octanol–water partition coefficient (Wildman–Crippen LogP) is 3.53. The normalized spacial score (nSPS) is 12.6. The zero-order valence-corrected chi connectivity index (χ0v) is 13.7. The Morgan fingerprint density at radius 2 is 1.62 bits per heavy atom. The number of hydrogen-bond donors (Lipinski definition) is 1. The zero-order chi connectivity index (χ0) is 15.5. The van der Waals surface area contributed by atoms with Gasteiger partial charge in [0.25, 0.3) is 0 Å². The van der Waals surface area contributed by atoms with Gasteiger partial charge in [-0.1, -0.05) is 19.1 Å². The number of hydrogen-bond acceptors (Lipinski definition) is 4. The molecule has 0 aliphatic carbocycles. The Bertz CT molecular complexity index is 361. The Morgan fingerprint density at radius 1 is 1.00 bits per heavy atom. The van der Waals surface area contributed by atoms with E-state index in [0.29, 0.717) is 19.8 Å². The summed E-state index contributed by atoms with van der Waals surface area (Å²) in [5.74, 6) is 0.925. The van der Waals surface area contributed by atoms with Crippen molar-refractivity contribution < 1.29 is 14.2 Å². The molecule has 0 heterocycles. The lowest BCUT2D eigenvalue weighted by molar-refractivity contribution is -0.133. The molecule has 1 unspecified atom stereocenters. The molecular weight excluding hydrogens is 266 g/mol. The van der Waals surface area contributed by atoms with E-state index >= 15 is 0 Å². The first-order valence-electron chi connectivity index (χ1n) is 7.90. The molecule has 0 aliphatic heterocycles. The Kier molecular flexibility index (Phi) is 9.06. The molecule has 0 saturated carbocycles. The largest absolute Gasteiger partial charge is 0.494 e. The first-order chi connectivity index (χ1) is 10.2. The molecule has 21 heavy (non-hydrogen) atoms. The Balaban J connectivity index is 2.44. The lowest BCUT2D eigenvalue weighted by Gasteiger charge is -2.21. The van der Waals surface area contributed by atoms with Crippen molar-refractivity contribution in [2.75, 3.05) is 26.4 Å². The molecule has 4 nitrogen and oxygen atoms in total. The van der Waals surface area contributed by atoms with Gasteiger partial charge in [-0.15, -0.1) is 0 Å². The van der Waals surface area contributed by atoms with Crippen molar-refractivity contribution in [2.45, 2.75) is 46.4 Å². The van der Waals surface area contributed by atoms with Crippen LogP contribution in [0.2, 0.25) is 0 Å². The van der Waals surface area contributed by atoms with Crippen LogP contribution >= 0.6 is 0 Å². The number of ether oxygens (including phenoxy) is 3. The van der Waals surface area contributed by atoms with E-state index in [1.807, 2.05) is 26.0 Å². The summed E-state index contributed by atoms with van der Waals surface area (Å²) in [4.78, 5) is 0. The fourth-order valence-electron chi connectivity index (χ4n) is 2.00. The molecule has 1 N–H and O–H groups in total. The van der Waals surface area contributed by atoms with E-state index in [2.05, 4.69) is 31.3 Å². The molecule has 0 saturated heterocycles. The molecule has 1 atom stereocenters. The topological polar surface area (TPSA) is 39.7 Å². The van der Waals surface area contributed by atoms with Gasteiger partial charge in [-0.25, -0.2) is 0 Å². The molecular formula is C17H29NO3. The summed E-state index contributed by atoms with van der Waals surface area (Å²) >= 11 is 0. The molecule has 0 amide bonds. The van der Waals surface area contributed by atoms with Crippen LogP contribution in [0.3, 0.4) is 0 Å². The lowest BCUT2D eigenvalue weighted by atomic mass is 10.1. The highest BCUT2D eigenvalue weighted by Crippen LogP contribution is 2.17. The highest BCUT2D eigenvalue weighted by molar-refractivity contribution is 5.28. The molecule has 0 aromatic heterocycles. The van der Waals surface area contributed by atoms with E-state index in [0.717, 1.165) is 18.8 Å². The molecule has 0 aliphatic rings. The van der Waals surface area contributed by atoms with Gasteiger partial charge in [0.1, 0.15) is 5.75 Å². The van der Waals surface area contributed by atoms with Gasteiger partial charge in [-0.3, -0.25) is 0 Å². The van der Waals surface area contributed by atoms with Crippen molar-refractivity contribution in [3.63, 3.8) is 0 Å². The molecule has 4 heteroatoms. The number of rotatable bonds is 11. The lowest BCUT2D eigenvalue weighted by Crippen LogP contribution is -2.33. The smallest absolute Gasteiger partial charge is 0.169 e. The summed E-state index contributed by atoms with van der Waals surface area (Å²) in [6, 6.07) is 8.48. The van der Waals surface area contributed by atoms with Gasteiger partial charge in [0.2, 0.25) is 0 Å². The highest BCUT2D eigenvalue weighted by atomic mass is 16.7. The SMILES string of the molecule is CCCOc1ccc(C(C)NCC(OCC)OCC)cc1. The molecule has 0 radical (unpaired) electrons. The third kappa shape index (κ3) is 6.93. The Hall–Kier alpha value is -1.10. The van der Waals surface area contributed by atoms with Crippen molar-refractivity contribution in [1.82, 2.24) is 5.32 Å². The minimum absolute atomic E-state index is 0.186. The van der Waals surface area contributed by atoms with Crippen LogP contribution in [0.5, 0.6) is 5.75 Å². The number of benzene rings is 1. The van der Waals surface area contributed by atoms with Crippen LogP contribution in [0.1, 0.15) is 45.7 Å². The minimum Gasteiger partial charge on any atom is -0.494 e. The molecule has 120 valence electrons. The summed E-state index contributed by atoms with van der Waals surface area (Å²) in [5, 5.41) is 3.44. The van der Waals surface area contributed by atoms with Gasteiger partial charge in [0.05, 0.1) is 6.61 Å². The Morgan fingerprint density at radius 3 is 2.14 bits per heavy atom. The van der Waals surface area contributed by atoms with Gasteiger partial charge in [-0.2, -0.15) is 0 Å². The van der Waals surface area contributed by atoms with Crippen molar-refractivity contribution in [3.05, 3.63) is 29.8 Å². The van der Waals surface area contributed by atoms with E-state index in [1.54, 1.807) is 0 Å². The maximum atomic E-state index is 5.59. The zero-order valence-electron chi connectivity index (χ0n) is 13.7. The van der Waals surface area contributed by atoms with Crippen LogP contribution in [-0.2, 0) is 9.47 Å². The van der Waals surface area contributed by atoms with Crippen LogP contribution < -0.4 is 10.1 Å². The molecule has 1 rings (SSSR count). The number of nitrogens with one attached hydrogen (secondary N) is 1. The van der Waals surface area contributed by atoms with Crippen LogP contribution in [-0.4, -0.2) is 32.7 Å². The van der Waals surface area contributed by atoms with E-state index in [1.165, 1.54) is 5.56 Å². The van der Waals surface area contributed by atoms with Crippen LogP contribution in [0.4, 0.5) is 0 Å². The average Bonchev–Trinajstić information content (AvgIpc) is 2.51. The minimum atomic E-state index is -0.186. The quantitative estimate of drug-likeness (QED) is 0.634. The maximum Gasteiger partial charge on any atom is 0.169 e. The van der Waals surface area contributed by atoms with E-state index in [-0.39, 0.29) is 12.3 Å². The average molecular weight is 295 g/mol. The predicted molar refractivity (Wildman–Crippen MR) is 85.7 cm³/mol. The summed E-state index contributed by atoms with van der Waals surface area (Å²) in [6.45, 7) is 10.9. The maximum absolute atomic E-state index is 5.59. The summed E-state index contributed by atoms with van der Waals surface area (Å²) < 4.78 is 16.6. The second-order valence-corrected chi connectivity index (χ2v) is 4.89. The fourth-order valence-corrected chi connectivity index (χ4v) is 2.00. The van der Waals surface area contributed by atoms with Crippen LogP contribution in [0.25, 0.3) is 0 Å². The van der Waals surface area contributed by atoms with Crippen molar-refractivity contribution in [2.24, 2.45) is 0 Å². The fraction of sp³-hybridized carbons (Fsp3) is 0.647. The molecule has 1 aromatic carbocycles. The van der Waals surface area contributed by atoms with Gasteiger partial charge in [-0.05, 0) is 44.9 Å². The van der Waals surface area contributed by atoms with Gasteiger partial charge >= 0.3 is 0 Å². The Labute approximate surface area is 128 Å². The van der Waals surface area contributed by atoms with E-state index in [4.69, 9.17) is 14.2 Å². The third-order valence-electron chi connectivity index (χ3n) is 3.15.